The number of carboxylic acids is 1. The molecule has 0 unspecified atom stereocenters. The number of nitrogens with zero attached hydrogens (tertiary/aromatic N) is 2. The van der Waals surface area contributed by atoms with Gasteiger partial charge in [-0.05, 0) is 51.7 Å². The number of aliphatic carboxylic acids is 1. The Hall–Kier alpha value is -2.64. The first kappa shape index (κ1) is 19.7. The number of pyridine rings is 1. The summed E-state index contributed by atoms with van der Waals surface area (Å²) < 4.78 is 1.60. The van der Waals surface area contributed by atoms with E-state index in [4.69, 9.17) is 5.11 Å². The van der Waals surface area contributed by atoms with Gasteiger partial charge in [-0.3, -0.25) is 24.2 Å². The summed E-state index contributed by atoms with van der Waals surface area (Å²) in [4.78, 5) is 39.6. The molecule has 0 fully saturated rings. The summed E-state index contributed by atoms with van der Waals surface area (Å²) in [5.74, 6) is -1.03. The van der Waals surface area contributed by atoms with Gasteiger partial charge in [-0.25, -0.2) is 4.98 Å². The van der Waals surface area contributed by atoms with Crippen molar-refractivity contribution >= 4 is 22.9 Å². The first-order chi connectivity index (χ1) is 12.0. The van der Waals surface area contributed by atoms with Crippen LogP contribution in [0.5, 0.6) is 0 Å². The van der Waals surface area contributed by atoms with E-state index in [1.807, 2.05) is 27.7 Å². The number of hydrogen-bond donors (Lipinski definition) is 3. The number of rotatable bonds is 7. The number of amides is 1. The van der Waals surface area contributed by atoms with Crippen molar-refractivity contribution in [3.8, 4) is 0 Å². The van der Waals surface area contributed by atoms with E-state index >= 15 is 0 Å². The van der Waals surface area contributed by atoms with Crippen molar-refractivity contribution in [3.63, 3.8) is 0 Å². The third-order valence-electron chi connectivity index (χ3n) is 4.62. The Morgan fingerprint density at radius 1 is 1.27 bits per heavy atom. The largest absolute Gasteiger partial charge is 0.481 e. The Labute approximate surface area is 151 Å². The fraction of sp³-hybridized carbons (Fsp3) is 0.556. The molecule has 0 bridgehead atoms. The van der Waals surface area contributed by atoms with Crippen LogP contribution in [-0.4, -0.2) is 37.3 Å². The van der Waals surface area contributed by atoms with E-state index in [0.717, 1.165) is 16.8 Å². The van der Waals surface area contributed by atoms with Crippen LogP contribution in [0.1, 0.15) is 49.9 Å². The lowest BCUT2D eigenvalue weighted by atomic mass is 9.97. The van der Waals surface area contributed by atoms with Gasteiger partial charge in [0.15, 0.2) is 5.65 Å². The maximum atomic E-state index is 12.3. The molecule has 0 aliphatic heterocycles. The number of carboxylic acid groups (broad SMARTS) is 1. The summed E-state index contributed by atoms with van der Waals surface area (Å²) in [6.07, 6.45) is 1.08. The van der Waals surface area contributed by atoms with E-state index in [9.17, 15) is 14.4 Å². The molecule has 0 saturated carbocycles. The minimum atomic E-state index is -0.883. The second-order valence-electron chi connectivity index (χ2n) is 7.33. The Morgan fingerprint density at radius 3 is 2.54 bits per heavy atom. The number of carbonyl (C=O) groups excluding carboxylic acids is 1. The molecule has 0 atom stereocenters. The molecule has 1 amide bonds. The van der Waals surface area contributed by atoms with Gasteiger partial charge >= 0.3 is 5.97 Å². The number of aromatic nitrogens is 3. The Kier molecular flexibility index (Phi) is 5.53. The van der Waals surface area contributed by atoms with Crippen molar-refractivity contribution in [2.24, 2.45) is 7.05 Å². The van der Waals surface area contributed by atoms with E-state index in [1.165, 1.54) is 0 Å². The van der Waals surface area contributed by atoms with Gasteiger partial charge in [-0.1, -0.05) is 0 Å². The van der Waals surface area contributed by atoms with Crippen LogP contribution in [0.25, 0.3) is 11.0 Å². The van der Waals surface area contributed by atoms with Crippen molar-refractivity contribution in [3.05, 3.63) is 27.2 Å². The topological polar surface area (TPSA) is 117 Å². The number of aromatic amines is 1. The molecule has 0 spiro atoms. The molecule has 8 nitrogen and oxygen atoms in total. The van der Waals surface area contributed by atoms with Crippen LogP contribution in [0.4, 0.5) is 0 Å². The van der Waals surface area contributed by atoms with Crippen LogP contribution >= 0.6 is 0 Å². The molecule has 8 heteroatoms. The molecule has 26 heavy (non-hydrogen) atoms. The first-order valence-electron chi connectivity index (χ1n) is 8.59. The van der Waals surface area contributed by atoms with E-state index in [2.05, 4.69) is 15.4 Å². The number of nitrogens with one attached hydrogen (secondary N) is 2. The zero-order valence-electron chi connectivity index (χ0n) is 15.9. The third kappa shape index (κ3) is 4.30. The summed E-state index contributed by atoms with van der Waals surface area (Å²) in [6, 6.07) is 0. The summed E-state index contributed by atoms with van der Waals surface area (Å²) in [5.41, 5.74) is 2.36. The van der Waals surface area contributed by atoms with Gasteiger partial charge in [0.1, 0.15) is 0 Å². The highest BCUT2D eigenvalue weighted by atomic mass is 16.4. The molecule has 3 N–H and O–H groups in total. The van der Waals surface area contributed by atoms with E-state index in [1.54, 1.807) is 11.7 Å². The molecule has 2 heterocycles. The SMILES string of the molecule is Cc1nc2c(c(C)c1CCC(=O)NC(C)(C)CCC(=O)O)c(=O)[nH]n2C. The highest BCUT2D eigenvalue weighted by Gasteiger charge is 2.22. The number of carbonyl (C=O) groups is 2. The average Bonchev–Trinajstić information content (AvgIpc) is 2.79. The maximum absolute atomic E-state index is 12.3. The lowest BCUT2D eigenvalue weighted by molar-refractivity contribution is -0.137. The smallest absolute Gasteiger partial charge is 0.303 e. The number of H-pyrrole nitrogens is 1. The number of hydrogen-bond acceptors (Lipinski definition) is 4. The summed E-state index contributed by atoms with van der Waals surface area (Å²) in [7, 11) is 1.74. The monoisotopic (exact) mass is 362 g/mol. The van der Waals surface area contributed by atoms with Crippen LogP contribution in [0.3, 0.4) is 0 Å². The van der Waals surface area contributed by atoms with Crippen LogP contribution in [-0.2, 0) is 23.1 Å². The van der Waals surface area contributed by atoms with Gasteiger partial charge < -0.3 is 10.4 Å². The van der Waals surface area contributed by atoms with Gasteiger partial charge in [0.05, 0.1) is 5.39 Å². The fourth-order valence-electron chi connectivity index (χ4n) is 3.18. The van der Waals surface area contributed by atoms with Crippen molar-refractivity contribution < 1.29 is 14.7 Å². The highest BCUT2D eigenvalue weighted by Crippen LogP contribution is 2.21. The van der Waals surface area contributed by atoms with Gasteiger partial charge in [-0.2, -0.15) is 0 Å². The zero-order chi connectivity index (χ0) is 19.6. The quantitative estimate of drug-likeness (QED) is 0.691. The van der Waals surface area contributed by atoms with Crippen LogP contribution < -0.4 is 10.9 Å². The summed E-state index contributed by atoms with van der Waals surface area (Å²) in [6.45, 7) is 7.35. The molecule has 0 aliphatic carbocycles. The first-order valence-corrected chi connectivity index (χ1v) is 8.59. The summed E-state index contributed by atoms with van der Waals surface area (Å²) >= 11 is 0. The molecule has 142 valence electrons. The maximum Gasteiger partial charge on any atom is 0.303 e. The molecule has 0 saturated heterocycles. The Morgan fingerprint density at radius 2 is 1.92 bits per heavy atom. The lowest BCUT2D eigenvalue weighted by Gasteiger charge is -2.25. The van der Waals surface area contributed by atoms with Crippen molar-refractivity contribution in [2.45, 2.75) is 58.9 Å². The van der Waals surface area contributed by atoms with E-state index < -0.39 is 11.5 Å². The predicted molar refractivity (Wildman–Crippen MR) is 98.2 cm³/mol. The van der Waals surface area contributed by atoms with Gasteiger partial charge in [-0.15, -0.1) is 0 Å². The molecule has 2 aromatic heterocycles. The molecular weight excluding hydrogens is 336 g/mol. The van der Waals surface area contributed by atoms with Gasteiger partial charge in [0.2, 0.25) is 5.91 Å². The van der Waals surface area contributed by atoms with Crippen molar-refractivity contribution in [1.29, 1.82) is 0 Å². The minimum Gasteiger partial charge on any atom is -0.481 e. The second-order valence-corrected chi connectivity index (χ2v) is 7.33. The van der Waals surface area contributed by atoms with E-state index in [0.29, 0.717) is 23.9 Å². The standard InChI is InChI=1S/C18H26N4O4/c1-10-12(11(2)19-16-15(10)17(26)21-22(16)5)6-7-13(23)20-18(3,4)9-8-14(24)25/h6-9H2,1-5H3,(H,20,23)(H,21,26)(H,24,25). The number of aryl methyl sites for hydroxylation is 3. The van der Waals surface area contributed by atoms with Crippen molar-refractivity contribution in [1.82, 2.24) is 20.1 Å². The van der Waals surface area contributed by atoms with E-state index in [-0.39, 0.29) is 24.3 Å². The minimum absolute atomic E-state index is 0.00284. The third-order valence-corrected chi connectivity index (χ3v) is 4.62. The molecule has 0 aromatic carbocycles. The summed E-state index contributed by atoms with van der Waals surface area (Å²) in [5, 5.41) is 14.9. The van der Waals surface area contributed by atoms with Crippen LogP contribution in [0, 0.1) is 13.8 Å². The Bertz CT molecular complexity index is 908. The predicted octanol–water partition coefficient (Wildman–Crippen LogP) is 1.57. The zero-order valence-corrected chi connectivity index (χ0v) is 15.9. The Balaban J connectivity index is 2.12. The molecule has 0 radical (unpaired) electrons. The van der Waals surface area contributed by atoms with Crippen molar-refractivity contribution in [2.75, 3.05) is 0 Å². The average molecular weight is 362 g/mol. The lowest BCUT2D eigenvalue weighted by Crippen LogP contribution is -2.43. The fourth-order valence-corrected chi connectivity index (χ4v) is 3.18. The number of fused-ring (bicyclic) bond motifs is 1. The molecular formula is C18H26N4O4. The molecule has 0 aliphatic rings. The molecule has 2 rings (SSSR count). The highest BCUT2D eigenvalue weighted by molar-refractivity contribution is 5.81. The molecule has 2 aromatic rings. The normalized spacial score (nSPS) is 11.7. The van der Waals surface area contributed by atoms with Crippen LogP contribution in [0.2, 0.25) is 0 Å². The second kappa shape index (κ2) is 7.31. The van der Waals surface area contributed by atoms with Crippen LogP contribution in [0.15, 0.2) is 4.79 Å². The van der Waals surface area contributed by atoms with Gasteiger partial charge in [0, 0.05) is 31.1 Å². The van der Waals surface area contributed by atoms with Gasteiger partial charge in [0.25, 0.3) is 5.56 Å².